The van der Waals surface area contributed by atoms with E-state index in [1.54, 1.807) is 0 Å². The van der Waals surface area contributed by atoms with Gasteiger partial charge in [0, 0.05) is 37.3 Å². The molecule has 1 aromatic rings. The number of aryl methyl sites for hydroxylation is 1. The predicted octanol–water partition coefficient (Wildman–Crippen LogP) is 2.05. The van der Waals surface area contributed by atoms with Crippen molar-refractivity contribution in [3.8, 4) is 0 Å². The average molecular weight is 216 g/mol. The number of rotatable bonds is 2. The fourth-order valence-corrected chi connectivity index (χ4v) is 2.87. The standard InChI is InChI=1S/C14H20N2/c1-2-12-3-5-13(6-4-12)16-8-7-14(11-16)9-15-10-14/h3-6,15H,2,7-11H2,1H3. The highest BCUT2D eigenvalue weighted by molar-refractivity contribution is 5.49. The van der Waals surface area contributed by atoms with E-state index in [1.807, 2.05) is 0 Å². The zero-order valence-electron chi connectivity index (χ0n) is 10.00. The molecule has 0 bridgehead atoms. The third-order valence-corrected chi connectivity index (χ3v) is 4.15. The van der Waals surface area contributed by atoms with Crippen LogP contribution in [0.5, 0.6) is 0 Å². The fourth-order valence-electron chi connectivity index (χ4n) is 2.87. The molecule has 1 N–H and O–H groups in total. The Balaban J connectivity index is 1.73. The highest BCUT2D eigenvalue weighted by atomic mass is 15.2. The van der Waals surface area contributed by atoms with Crippen LogP contribution in [-0.4, -0.2) is 26.2 Å². The summed E-state index contributed by atoms with van der Waals surface area (Å²) in [6.45, 7) is 7.12. The van der Waals surface area contributed by atoms with Crippen molar-refractivity contribution in [2.24, 2.45) is 5.41 Å². The summed E-state index contributed by atoms with van der Waals surface area (Å²) in [4.78, 5) is 2.54. The first-order valence-corrected chi connectivity index (χ1v) is 6.36. The van der Waals surface area contributed by atoms with Gasteiger partial charge in [0.1, 0.15) is 0 Å². The Morgan fingerprint density at radius 3 is 2.50 bits per heavy atom. The molecule has 1 aromatic carbocycles. The van der Waals surface area contributed by atoms with E-state index in [-0.39, 0.29) is 0 Å². The second-order valence-electron chi connectivity index (χ2n) is 5.30. The maximum atomic E-state index is 3.41. The highest BCUT2D eigenvalue weighted by Gasteiger charge is 2.42. The smallest absolute Gasteiger partial charge is 0.0366 e. The van der Waals surface area contributed by atoms with Gasteiger partial charge in [-0.15, -0.1) is 0 Å². The number of hydrogen-bond donors (Lipinski definition) is 1. The van der Waals surface area contributed by atoms with Gasteiger partial charge in [0.05, 0.1) is 0 Å². The summed E-state index contributed by atoms with van der Waals surface area (Å²) in [6.07, 6.45) is 2.49. The van der Waals surface area contributed by atoms with Crippen molar-refractivity contribution in [2.45, 2.75) is 19.8 Å². The molecule has 2 nitrogen and oxygen atoms in total. The highest BCUT2D eigenvalue weighted by Crippen LogP contribution is 2.36. The molecule has 2 heterocycles. The lowest BCUT2D eigenvalue weighted by atomic mass is 9.81. The third kappa shape index (κ3) is 1.61. The lowest BCUT2D eigenvalue weighted by molar-refractivity contribution is 0.200. The SMILES string of the molecule is CCc1ccc(N2CCC3(CNC3)C2)cc1. The zero-order valence-corrected chi connectivity index (χ0v) is 10.00. The predicted molar refractivity (Wildman–Crippen MR) is 68.0 cm³/mol. The molecule has 2 heteroatoms. The normalized spacial score (nSPS) is 22.4. The molecule has 3 rings (SSSR count). The molecule has 2 aliphatic heterocycles. The number of nitrogens with zero attached hydrogens (tertiary/aromatic N) is 1. The van der Waals surface area contributed by atoms with E-state index in [1.165, 1.54) is 43.9 Å². The summed E-state index contributed by atoms with van der Waals surface area (Å²) >= 11 is 0. The van der Waals surface area contributed by atoms with Crippen LogP contribution in [0.4, 0.5) is 5.69 Å². The van der Waals surface area contributed by atoms with E-state index in [9.17, 15) is 0 Å². The number of hydrogen-bond acceptors (Lipinski definition) is 2. The Morgan fingerprint density at radius 1 is 1.25 bits per heavy atom. The van der Waals surface area contributed by atoms with Crippen molar-refractivity contribution in [3.63, 3.8) is 0 Å². The molecular formula is C14H20N2. The van der Waals surface area contributed by atoms with Gasteiger partial charge in [-0.25, -0.2) is 0 Å². The van der Waals surface area contributed by atoms with Gasteiger partial charge in [-0.3, -0.25) is 0 Å². The van der Waals surface area contributed by atoms with Gasteiger partial charge in [-0.2, -0.15) is 0 Å². The molecule has 0 amide bonds. The number of nitrogens with one attached hydrogen (secondary N) is 1. The Hall–Kier alpha value is -1.02. The lowest BCUT2D eigenvalue weighted by Crippen LogP contribution is -2.54. The van der Waals surface area contributed by atoms with E-state index >= 15 is 0 Å². The Morgan fingerprint density at radius 2 is 2.00 bits per heavy atom. The van der Waals surface area contributed by atoms with Crippen LogP contribution in [-0.2, 0) is 6.42 Å². The largest absolute Gasteiger partial charge is 0.371 e. The minimum atomic E-state index is 0.601. The van der Waals surface area contributed by atoms with Gasteiger partial charge < -0.3 is 10.2 Å². The molecule has 0 saturated carbocycles. The lowest BCUT2D eigenvalue weighted by Gasteiger charge is -2.39. The number of anilines is 1. The Labute approximate surface area is 97.6 Å². The fraction of sp³-hybridized carbons (Fsp3) is 0.571. The van der Waals surface area contributed by atoms with Crippen LogP contribution >= 0.6 is 0 Å². The molecule has 0 radical (unpaired) electrons. The third-order valence-electron chi connectivity index (χ3n) is 4.15. The summed E-state index contributed by atoms with van der Waals surface area (Å²) in [5, 5.41) is 3.41. The Bertz CT molecular complexity index is 365. The monoisotopic (exact) mass is 216 g/mol. The van der Waals surface area contributed by atoms with Gasteiger partial charge in [0.15, 0.2) is 0 Å². The van der Waals surface area contributed by atoms with Crippen LogP contribution in [0.15, 0.2) is 24.3 Å². The van der Waals surface area contributed by atoms with Crippen LogP contribution in [0, 0.1) is 5.41 Å². The van der Waals surface area contributed by atoms with E-state index in [4.69, 9.17) is 0 Å². The molecule has 0 aliphatic carbocycles. The summed E-state index contributed by atoms with van der Waals surface area (Å²) in [7, 11) is 0. The maximum Gasteiger partial charge on any atom is 0.0366 e. The molecule has 1 spiro atoms. The molecule has 0 atom stereocenters. The van der Waals surface area contributed by atoms with Gasteiger partial charge in [-0.05, 0) is 30.5 Å². The van der Waals surface area contributed by atoms with Crippen molar-refractivity contribution in [2.75, 3.05) is 31.1 Å². The molecule has 2 aliphatic rings. The molecule has 0 unspecified atom stereocenters. The van der Waals surface area contributed by atoms with Gasteiger partial charge in [0.2, 0.25) is 0 Å². The molecule has 0 aromatic heterocycles. The van der Waals surface area contributed by atoms with Crippen LogP contribution in [0.3, 0.4) is 0 Å². The first-order chi connectivity index (χ1) is 7.81. The molecule has 2 saturated heterocycles. The van der Waals surface area contributed by atoms with E-state index in [0.717, 1.165) is 6.42 Å². The van der Waals surface area contributed by atoms with E-state index in [0.29, 0.717) is 5.41 Å². The minimum Gasteiger partial charge on any atom is -0.371 e. The summed E-state index contributed by atoms with van der Waals surface area (Å²) < 4.78 is 0. The van der Waals surface area contributed by atoms with E-state index in [2.05, 4.69) is 41.4 Å². The summed E-state index contributed by atoms with van der Waals surface area (Å²) in [5.41, 5.74) is 3.44. The van der Waals surface area contributed by atoms with Crippen molar-refractivity contribution in [1.82, 2.24) is 5.32 Å². The number of benzene rings is 1. The van der Waals surface area contributed by atoms with Crippen LogP contribution in [0.1, 0.15) is 18.9 Å². The molecule has 16 heavy (non-hydrogen) atoms. The quantitative estimate of drug-likeness (QED) is 0.814. The Kier molecular flexibility index (Phi) is 2.40. The molecule has 86 valence electrons. The van der Waals surface area contributed by atoms with Crippen molar-refractivity contribution in [3.05, 3.63) is 29.8 Å². The molecule has 2 fully saturated rings. The van der Waals surface area contributed by atoms with Crippen molar-refractivity contribution < 1.29 is 0 Å². The second kappa shape index (κ2) is 3.77. The maximum absolute atomic E-state index is 3.41. The summed E-state index contributed by atoms with van der Waals surface area (Å²) in [6, 6.07) is 9.09. The van der Waals surface area contributed by atoms with Crippen LogP contribution in [0.2, 0.25) is 0 Å². The van der Waals surface area contributed by atoms with Gasteiger partial charge in [0.25, 0.3) is 0 Å². The first-order valence-electron chi connectivity index (χ1n) is 6.36. The van der Waals surface area contributed by atoms with Crippen LogP contribution < -0.4 is 10.2 Å². The van der Waals surface area contributed by atoms with Gasteiger partial charge >= 0.3 is 0 Å². The first kappa shape index (κ1) is 10.2. The molecular weight excluding hydrogens is 196 g/mol. The van der Waals surface area contributed by atoms with E-state index < -0.39 is 0 Å². The average Bonchev–Trinajstić information content (AvgIpc) is 2.74. The minimum absolute atomic E-state index is 0.601. The second-order valence-corrected chi connectivity index (χ2v) is 5.30. The topological polar surface area (TPSA) is 15.3 Å². The van der Waals surface area contributed by atoms with Crippen molar-refractivity contribution >= 4 is 5.69 Å². The zero-order chi connectivity index (χ0) is 11.0. The van der Waals surface area contributed by atoms with Gasteiger partial charge in [-0.1, -0.05) is 19.1 Å². The van der Waals surface area contributed by atoms with Crippen LogP contribution in [0.25, 0.3) is 0 Å². The van der Waals surface area contributed by atoms with Crippen molar-refractivity contribution in [1.29, 1.82) is 0 Å². The summed E-state index contributed by atoms with van der Waals surface area (Å²) in [5.74, 6) is 0.